The third-order valence-corrected chi connectivity index (χ3v) is 3.68. The van der Waals surface area contributed by atoms with Crippen LogP contribution in [0.25, 0.3) is 0 Å². The first-order valence-electron chi connectivity index (χ1n) is 9.42. The molecule has 28 heavy (non-hydrogen) atoms. The van der Waals surface area contributed by atoms with Crippen molar-refractivity contribution in [1.82, 2.24) is 9.97 Å². The number of ether oxygens (including phenoxy) is 2. The zero-order valence-corrected chi connectivity index (χ0v) is 17.9. The van der Waals surface area contributed by atoms with Gasteiger partial charge in [-0.15, -0.1) is 0 Å². The van der Waals surface area contributed by atoms with Gasteiger partial charge >= 0.3 is 0 Å². The van der Waals surface area contributed by atoms with Crippen LogP contribution in [0.3, 0.4) is 0 Å². The number of aryl methyl sites for hydroxylation is 2. The van der Waals surface area contributed by atoms with E-state index in [-0.39, 0.29) is 0 Å². The standard InChI is InChI=1S/C20H25N3O3.C2H6/c1-6-7-8-25-18-9-14(2)20(15(3)10-18)26-13-17-11-22-19(12-21-17)16(4)23-24-5;1-2/h6-7,9-12H,8,13H2,1-5H3;1-2H3/b7-6+,23-16?;. The average molecular weight is 386 g/mol. The molecule has 0 fully saturated rings. The van der Waals surface area contributed by atoms with Gasteiger partial charge in [0, 0.05) is 0 Å². The summed E-state index contributed by atoms with van der Waals surface area (Å²) in [6.45, 7) is 12.7. The third-order valence-electron chi connectivity index (χ3n) is 3.68. The maximum absolute atomic E-state index is 5.96. The highest BCUT2D eigenvalue weighted by atomic mass is 16.6. The molecule has 6 nitrogen and oxygen atoms in total. The van der Waals surface area contributed by atoms with Gasteiger partial charge in [0.15, 0.2) is 0 Å². The molecule has 0 unspecified atom stereocenters. The molecule has 0 aliphatic rings. The topological polar surface area (TPSA) is 65.8 Å². The van der Waals surface area contributed by atoms with E-state index in [1.165, 1.54) is 7.11 Å². The first kappa shape index (κ1) is 23.1. The van der Waals surface area contributed by atoms with Crippen molar-refractivity contribution in [2.75, 3.05) is 13.7 Å². The molecule has 0 saturated heterocycles. The van der Waals surface area contributed by atoms with Crippen LogP contribution in [0, 0.1) is 13.8 Å². The molecule has 0 aliphatic carbocycles. The van der Waals surface area contributed by atoms with Crippen LogP contribution in [0.2, 0.25) is 0 Å². The van der Waals surface area contributed by atoms with Gasteiger partial charge in [-0.25, -0.2) is 0 Å². The quantitative estimate of drug-likeness (QED) is 0.362. The number of allylic oxidation sites excluding steroid dienone is 1. The Labute approximate surface area is 168 Å². The van der Waals surface area contributed by atoms with Crippen molar-refractivity contribution < 1.29 is 14.3 Å². The fourth-order valence-electron chi connectivity index (χ4n) is 2.41. The van der Waals surface area contributed by atoms with Crippen molar-refractivity contribution in [3.63, 3.8) is 0 Å². The van der Waals surface area contributed by atoms with Crippen LogP contribution < -0.4 is 9.47 Å². The summed E-state index contributed by atoms with van der Waals surface area (Å²) in [6, 6.07) is 3.95. The Balaban J connectivity index is 0.00000190. The Morgan fingerprint density at radius 3 is 2.29 bits per heavy atom. The predicted molar refractivity (Wildman–Crippen MR) is 113 cm³/mol. The normalized spacial score (nSPS) is 11.0. The molecule has 0 N–H and O–H groups in total. The first-order valence-corrected chi connectivity index (χ1v) is 9.42. The summed E-state index contributed by atoms with van der Waals surface area (Å²) in [6.07, 6.45) is 7.28. The molecule has 2 aromatic rings. The summed E-state index contributed by atoms with van der Waals surface area (Å²) in [5, 5.41) is 3.84. The maximum atomic E-state index is 5.96. The van der Waals surface area contributed by atoms with Crippen LogP contribution in [-0.4, -0.2) is 29.4 Å². The molecule has 0 atom stereocenters. The molecule has 0 saturated carbocycles. The monoisotopic (exact) mass is 385 g/mol. The lowest BCUT2D eigenvalue weighted by Crippen LogP contribution is -2.05. The summed E-state index contributed by atoms with van der Waals surface area (Å²) in [5.74, 6) is 1.67. The first-order chi connectivity index (χ1) is 13.5. The smallest absolute Gasteiger partial charge is 0.132 e. The Hall–Kier alpha value is -2.89. The predicted octanol–water partition coefficient (Wildman–Crippen LogP) is 5.02. The summed E-state index contributed by atoms with van der Waals surface area (Å²) in [4.78, 5) is 13.4. The Kier molecular flexibility index (Phi) is 10.3. The second-order valence-electron chi connectivity index (χ2n) is 5.81. The Bertz CT molecular complexity index is 761. The van der Waals surface area contributed by atoms with Crippen LogP contribution >= 0.6 is 0 Å². The van der Waals surface area contributed by atoms with E-state index >= 15 is 0 Å². The van der Waals surface area contributed by atoms with Gasteiger partial charge in [-0.1, -0.05) is 31.2 Å². The lowest BCUT2D eigenvalue weighted by atomic mass is 10.1. The Morgan fingerprint density at radius 2 is 1.75 bits per heavy atom. The lowest BCUT2D eigenvalue weighted by Gasteiger charge is -2.14. The van der Waals surface area contributed by atoms with E-state index in [1.54, 1.807) is 12.4 Å². The molecular formula is C22H31N3O3. The van der Waals surface area contributed by atoms with Crippen LogP contribution in [0.4, 0.5) is 0 Å². The van der Waals surface area contributed by atoms with Crippen LogP contribution in [0.5, 0.6) is 11.5 Å². The maximum Gasteiger partial charge on any atom is 0.132 e. The van der Waals surface area contributed by atoms with E-state index in [9.17, 15) is 0 Å². The SMILES string of the molecule is C/C=C/COc1cc(C)c(OCc2cnc(C(C)=NOC)cn2)c(C)c1.CC. The summed E-state index contributed by atoms with van der Waals surface area (Å²) in [7, 11) is 1.50. The summed E-state index contributed by atoms with van der Waals surface area (Å²) >= 11 is 0. The lowest BCUT2D eigenvalue weighted by molar-refractivity contribution is 0.213. The fraction of sp³-hybridized carbons (Fsp3) is 0.409. The van der Waals surface area contributed by atoms with E-state index in [1.807, 2.05) is 65.8 Å². The van der Waals surface area contributed by atoms with Crippen molar-refractivity contribution in [1.29, 1.82) is 0 Å². The van der Waals surface area contributed by atoms with E-state index in [4.69, 9.17) is 14.3 Å². The minimum atomic E-state index is 0.341. The molecule has 0 radical (unpaired) electrons. The van der Waals surface area contributed by atoms with Gasteiger partial charge in [0.25, 0.3) is 0 Å². The van der Waals surface area contributed by atoms with Gasteiger partial charge in [-0.2, -0.15) is 0 Å². The minimum Gasteiger partial charge on any atom is -0.490 e. The molecule has 0 bridgehead atoms. The van der Waals surface area contributed by atoms with Crippen LogP contribution in [0.15, 0.2) is 41.8 Å². The average Bonchev–Trinajstić information content (AvgIpc) is 2.70. The van der Waals surface area contributed by atoms with Crippen molar-refractivity contribution in [3.8, 4) is 11.5 Å². The zero-order valence-electron chi connectivity index (χ0n) is 17.9. The fourth-order valence-corrected chi connectivity index (χ4v) is 2.41. The number of aromatic nitrogens is 2. The highest BCUT2D eigenvalue weighted by molar-refractivity contribution is 5.96. The molecule has 6 heteroatoms. The number of oxime groups is 1. The number of nitrogens with zero attached hydrogens (tertiary/aromatic N) is 3. The van der Waals surface area contributed by atoms with E-state index in [0.717, 1.165) is 28.3 Å². The molecule has 2 rings (SSSR count). The molecule has 152 valence electrons. The summed E-state index contributed by atoms with van der Waals surface area (Å²) in [5.41, 5.74) is 4.13. The molecule has 0 spiro atoms. The summed E-state index contributed by atoms with van der Waals surface area (Å²) < 4.78 is 11.7. The van der Waals surface area contributed by atoms with E-state index < -0.39 is 0 Å². The molecule has 1 heterocycles. The van der Waals surface area contributed by atoms with E-state index in [0.29, 0.717) is 24.6 Å². The van der Waals surface area contributed by atoms with Crippen molar-refractivity contribution in [2.45, 2.75) is 48.1 Å². The minimum absolute atomic E-state index is 0.341. The highest BCUT2D eigenvalue weighted by Crippen LogP contribution is 2.29. The second-order valence-corrected chi connectivity index (χ2v) is 5.81. The molecule has 0 amide bonds. The molecular weight excluding hydrogens is 354 g/mol. The number of hydrogen-bond acceptors (Lipinski definition) is 6. The Morgan fingerprint density at radius 1 is 1.07 bits per heavy atom. The second kappa shape index (κ2) is 12.5. The third kappa shape index (κ3) is 7.02. The highest BCUT2D eigenvalue weighted by Gasteiger charge is 2.09. The number of rotatable bonds is 8. The largest absolute Gasteiger partial charge is 0.490 e. The zero-order chi connectivity index (χ0) is 20.9. The van der Waals surface area contributed by atoms with Crippen molar-refractivity contribution in [2.24, 2.45) is 5.16 Å². The number of hydrogen-bond donors (Lipinski definition) is 0. The van der Waals surface area contributed by atoms with Crippen molar-refractivity contribution >= 4 is 5.71 Å². The van der Waals surface area contributed by atoms with Gasteiger partial charge in [-0.3, -0.25) is 9.97 Å². The molecule has 0 aliphatic heterocycles. The van der Waals surface area contributed by atoms with Crippen LogP contribution in [-0.2, 0) is 11.4 Å². The van der Waals surface area contributed by atoms with Gasteiger partial charge in [0.1, 0.15) is 43.2 Å². The van der Waals surface area contributed by atoms with Gasteiger partial charge in [-0.05, 0) is 51.0 Å². The molecule has 1 aromatic heterocycles. The molecule has 1 aromatic carbocycles. The van der Waals surface area contributed by atoms with Gasteiger partial charge < -0.3 is 14.3 Å². The van der Waals surface area contributed by atoms with Crippen LogP contribution in [0.1, 0.15) is 50.2 Å². The number of benzene rings is 1. The van der Waals surface area contributed by atoms with Gasteiger partial charge in [0.2, 0.25) is 0 Å². The van der Waals surface area contributed by atoms with Crippen molar-refractivity contribution in [3.05, 3.63) is 59.2 Å². The van der Waals surface area contributed by atoms with E-state index in [2.05, 4.69) is 15.1 Å². The van der Waals surface area contributed by atoms with Gasteiger partial charge in [0.05, 0.1) is 18.1 Å².